The van der Waals surface area contributed by atoms with Gasteiger partial charge in [-0.15, -0.1) is 0 Å². The Morgan fingerprint density at radius 1 is 1.25 bits per heavy atom. The summed E-state index contributed by atoms with van der Waals surface area (Å²) >= 11 is 0. The summed E-state index contributed by atoms with van der Waals surface area (Å²) in [5, 5.41) is 0. The molecule has 96 valence electrons. The Morgan fingerprint density at radius 3 is 2.06 bits per heavy atom. The highest BCUT2D eigenvalue weighted by atomic mass is 16.2. The number of rotatable bonds is 7. The fourth-order valence-electron chi connectivity index (χ4n) is 1.64. The molecule has 2 N–H and O–H groups in total. The van der Waals surface area contributed by atoms with Crippen LogP contribution in [0.3, 0.4) is 0 Å². The van der Waals surface area contributed by atoms with Gasteiger partial charge in [-0.2, -0.15) is 0 Å². The number of carbonyl (C=O) groups is 1. The summed E-state index contributed by atoms with van der Waals surface area (Å²) in [4.78, 5) is 15.9. The predicted molar refractivity (Wildman–Crippen MR) is 68.3 cm³/mol. The van der Waals surface area contributed by atoms with E-state index >= 15 is 0 Å². The fourth-order valence-corrected chi connectivity index (χ4v) is 1.64. The molecule has 0 saturated heterocycles. The van der Waals surface area contributed by atoms with Crippen molar-refractivity contribution in [3.05, 3.63) is 0 Å². The van der Waals surface area contributed by atoms with Gasteiger partial charge in [-0.05, 0) is 34.2 Å². The van der Waals surface area contributed by atoms with Crippen LogP contribution in [-0.2, 0) is 4.79 Å². The molecular formula is C12H27N3O. The number of carbonyl (C=O) groups excluding carboxylic acids is 1. The third kappa shape index (κ3) is 3.76. The molecule has 0 bridgehead atoms. The van der Waals surface area contributed by atoms with E-state index in [1.165, 1.54) is 0 Å². The summed E-state index contributed by atoms with van der Waals surface area (Å²) in [5.41, 5.74) is 5.69. The molecule has 0 aromatic rings. The first kappa shape index (κ1) is 15.4. The number of amides is 1. The van der Waals surface area contributed by atoms with E-state index in [-0.39, 0.29) is 11.4 Å². The smallest absolute Gasteiger partial charge is 0.236 e. The van der Waals surface area contributed by atoms with Crippen LogP contribution in [0.1, 0.15) is 34.1 Å². The zero-order valence-corrected chi connectivity index (χ0v) is 11.4. The summed E-state index contributed by atoms with van der Waals surface area (Å²) in [7, 11) is 1.97. The van der Waals surface area contributed by atoms with Gasteiger partial charge in [0.25, 0.3) is 0 Å². The van der Waals surface area contributed by atoms with Crippen LogP contribution in [0.25, 0.3) is 0 Å². The number of hydrogen-bond donors (Lipinski definition) is 1. The Kier molecular flexibility index (Phi) is 6.60. The molecule has 0 radical (unpaired) electrons. The molecule has 0 aliphatic rings. The molecule has 1 atom stereocenters. The molecule has 1 amide bonds. The summed E-state index contributed by atoms with van der Waals surface area (Å²) in [6.45, 7) is 10.8. The largest absolute Gasteiger partial charge is 0.342 e. The molecule has 4 heteroatoms. The Balaban J connectivity index is 4.43. The molecule has 0 aliphatic carbocycles. The molecule has 0 heterocycles. The Hall–Kier alpha value is -0.610. The SMILES string of the molecule is CCN(CC)C(=O)CN(C)C(C)(CC)CN. The lowest BCUT2D eigenvalue weighted by molar-refractivity contribution is -0.133. The van der Waals surface area contributed by atoms with Crippen molar-refractivity contribution >= 4 is 5.91 Å². The lowest BCUT2D eigenvalue weighted by atomic mass is 9.97. The molecular weight excluding hydrogens is 202 g/mol. The van der Waals surface area contributed by atoms with Gasteiger partial charge in [0.15, 0.2) is 0 Å². The maximum Gasteiger partial charge on any atom is 0.236 e. The number of hydrogen-bond acceptors (Lipinski definition) is 3. The number of nitrogens with zero attached hydrogens (tertiary/aromatic N) is 2. The van der Waals surface area contributed by atoms with Gasteiger partial charge in [-0.3, -0.25) is 9.69 Å². The van der Waals surface area contributed by atoms with E-state index in [0.717, 1.165) is 19.5 Å². The molecule has 4 nitrogen and oxygen atoms in total. The number of likely N-dealkylation sites (N-methyl/N-ethyl adjacent to an activating group) is 2. The van der Waals surface area contributed by atoms with Gasteiger partial charge < -0.3 is 10.6 Å². The van der Waals surface area contributed by atoms with Crippen LogP contribution in [0.15, 0.2) is 0 Å². The molecule has 0 aliphatic heterocycles. The topological polar surface area (TPSA) is 49.6 Å². The van der Waals surface area contributed by atoms with E-state index < -0.39 is 0 Å². The minimum absolute atomic E-state index is 0.0805. The second-order valence-corrected chi connectivity index (χ2v) is 4.48. The molecule has 0 spiro atoms. The van der Waals surface area contributed by atoms with Gasteiger partial charge >= 0.3 is 0 Å². The quantitative estimate of drug-likeness (QED) is 0.706. The van der Waals surface area contributed by atoms with Crippen LogP contribution >= 0.6 is 0 Å². The van der Waals surface area contributed by atoms with E-state index in [1.807, 2.05) is 25.8 Å². The predicted octanol–water partition coefficient (Wildman–Crippen LogP) is 0.914. The van der Waals surface area contributed by atoms with Crippen LogP contribution in [0.5, 0.6) is 0 Å². The third-order valence-corrected chi connectivity index (χ3v) is 3.61. The lowest BCUT2D eigenvalue weighted by Crippen LogP contribution is -2.52. The van der Waals surface area contributed by atoms with E-state index in [0.29, 0.717) is 13.1 Å². The summed E-state index contributed by atoms with van der Waals surface area (Å²) in [6, 6.07) is 0. The maximum atomic E-state index is 11.9. The Morgan fingerprint density at radius 2 is 1.75 bits per heavy atom. The van der Waals surface area contributed by atoms with Gasteiger partial charge in [-0.25, -0.2) is 0 Å². The third-order valence-electron chi connectivity index (χ3n) is 3.61. The van der Waals surface area contributed by atoms with Crippen LogP contribution in [0.2, 0.25) is 0 Å². The first-order chi connectivity index (χ1) is 7.45. The summed E-state index contributed by atoms with van der Waals surface area (Å²) < 4.78 is 0. The summed E-state index contributed by atoms with van der Waals surface area (Å²) in [6.07, 6.45) is 0.950. The van der Waals surface area contributed by atoms with E-state index in [4.69, 9.17) is 5.73 Å². The highest BCUT2D eigenvalue weighted by Gasteiger charge is 2.27. The molecule has 0 fully saturated rings. The second kappa shape index (κ2) is 6.86. The van der Waals surface area contributed by atoms with Crippen molar-refractivity contribution in [1.29, 1.82) is 0 Å². The number of nitrogens with two attached hydrogens (primary N) is 1. The first-order valence-corrected chi connectivity index (χ1v) is 6.14. The highest BCUT2D eigenvalue weighted by Crippen LogP contribution is 2.15. The molecule has 0 aromatic carbocycles. The van der Waals surface area contributed by atoms with Gasteiger partial charge in [0.1, 0.15) is 0 Å². The van der Waals surface area contributed by atoms with Crippen molar-refractivity contribution in [2.24, 2.45) is 5.73 Å². The second-order valence-electron chi connectivity index (χ2n) is 4.48. The van der Waals surface area contributed by atoms with Gasteiger partial charge in [0.05, 0.1) is 6.54 Å². The van der Waals surface area contributed by atoms with Crippen LogP contribution in [0.4, 0.5) is 0 Å². The standard InChI is InChI=1S/C12H27N3O/c1-6-12(4,10-13)14(5)9-11(16)15(7-2)8-3/h6-10,13H2,1-5H3. The average molecular weight is 229 g/mol. The fraction of sp³-hybridized carbons (Fsp3) is 0.917. The van der Waals surface area contributed by atoms with Gasteiger partial charge in [0.2, 0.25) is 5.91 Å². The Labute approximate surface area is 99.8 Å². The highest BCUT2D eigenvalue weighted by molar-refractivity contribution is 5.78. The van der Waals surface area contributed by atoms with Crippen LogP contribution < -0.4 is 5.73 Å². The van der Waals surface area contributed by atoms with Crippen LogP contribution in [0, 0.1) is 0 Å². The van der Waals surface area contributed by atoms with E-state index in [9.17, 15) is 4.79 Å². The molecule has 1 unspecified atom stereocenters. The van der Waals surface area contributed by atoms with Crippen molar-refractivity contribution in [2.45, 2.75) is 39.7 Å². The molecule has 0 aromatic heterocycles. The maximum absolute atomic E-state index is 11.9. The molecule has 0 saturated carbocycles. The van der Waals surface area contributed by atoms with Gasteiger partial charge in [-0.1, -0.05) is 6.92 Å². The first-order valence-electron chi connectivity index (χ1n) is 6.14. The average Bonchev–Trinajstić information content (AvgIpc) is 2.29. The normalized spacial score (nSPS) is 14.9. The Bertz CT molecular complexity index is 210. The lowest BCUT2D eigenvalue weighted by Gasteiger charge is -2.37. The van der Waals surface area contributed by atoms with Crippen molar-refractivity contribution < 1.29 is 4.79 Å². The van der Waals surface area contributed by atoms with Crippen molar-refractivity contribution in [3.8, 4) is 0 Å². The van der Waals surface area contributed by atoms with Crippen molar-refractivity contribution in [3.63, 3.8) is 0 Å². The van der Waals surface area contributed by atoms with E-state index in [2.05, 4.69) is 18.7 Å². The minimum atomic E-state index is -0.0805. The monoisotopic (exact) mass is 229 g/mol. The van der Waals surface area contributed by atoms with Crippen molar-refractivity contribution in [2.75, 3.05) is 33.2 Å². The zero-order chi connectivity index (χ0) is 12.8. The molecule has 0 rings (SSSR count). The van der Waals surface area contributed by atoms with E-state index in [1.54, 1.807) is 0 Å². The van der Waals surface area contributed by atoms with Crippen LogP contribution in [-0.4, -0.2) is 54.5 Å². The zero-order valence-electron chi connectivity index (χ0n) is 11.4. The molecule has 16 heavy (non-hydrogen) atoms. The van der Waals surface area contributed by atoms with Crippen molar-refractivity contribution in [1.82, 2.24) is 9.80 Å². The summed E-state index contributed by atoms with van der Waals surface area (Å²) in [5.74, 6) is 0.181. The van der Waals surface area contributed by atoms with Gasteiger partial charge in [0, 0.05) is 25.2 Å². The minimum Gasteiger partial charge on any atom is -0.342 e.